The Kier molecular flexibility index (Phi) is 39.7. The third kappa shape index (κ3) is 36.7. The summed E-state index contributed by atoms with van der Waals surface area (Å²) >= 11 is 0. The van der Waals surface area contributed by atoms with Gasteiger partial charge in [-0.1, -0.05) is 110 Å². The fourth-order valence-corrected chi connectivity index (χ4v) is 8.06. The van der Waals surface area contributed by atoms with Crippen LogP contribution in [0, 0.1) is 17.8 Å². The van der Waals surface area contributed by atoms with Crippen LogP contribution in [0.3, 0.4) is 0 Å². The molecule has 404 valence electrons. The minimum absolute atomic E-state index is 0.0337. The fourth-order valence-electron chi connectivity index (χ4n) is 8.06. The summed E-state index contributed by atoms with van der Waals surface area (Å²) in [4.78, 5) is 95.2. The molecule has 0 aromatic carbocycles. The summed E-state index contributed by atoms with van der Waals surface area (Å²) in [6.45, 7) is 5.66. The number of unbranched alkanes of at least 4 members (excludes halogenated alkanes) is 15. The predicted molar refractivity (Wildman–Crippen MR) is 265 cm³/mol. The highest BCUT2D eigenvalue weighted by molar-refractivity contribution is 5.86. The standard InChI is InChI=1S/C51H91N5O14/c1-3-40(2)44(37-57)55-48(61)39-70-35-33-68-31-29-53-47(60)38-69-34-32-67-30-28-52-46(59)27-26-43(51(65)66)56-50(64)42-24-22-41(23-25-42)36-54-45(58)20-18-16-14-12-10-8-6-4-5-7-9-11-13-15-17-19-21-49(62)63/h37,40-44H,3-36,38-39H2,1-2H3,(H,52,59)(H,53,60)(H,54,58)(H,55,61)(H,56,64)(H,62,63)(H,65,66)/t40-,41?,42?,43-,44+/m0/s1. The van der Waals surface area contributed by atoms with Crippen LogP contribution in [-0.4, -0.2) is 143 Å². The van der Waals surface area contributed by atoms with Crippen molar-refractivity contribution < 1.29 is 67.5 Å². The molecule has 1 fully saturated rings. The van der Waals surface area contributed by atoms with Crippen LogP contribution in [-0.2, 0) is 57.3 Å². The summed E-state index contributed by atoms with van der Waals surface area (Å²) in [5.74, 6) is -3.23. The van der Waals surface area contributed by atoms with Gasteiger partial charge in [-0.15, -0.1) is 0 Å². The van der Waals surface area contributed by atoms with E-state index in [0.29, 0.717) is 32.2 Å². The third-order valence-corrected chi connectivity index (χ3v) is 12.7. The van der Waals surface area contributed by atoms with Crippen LogP contribution < -0.4 is 26.6 Å². The van der Waals surface area contributed by atoms with Gasteiger partial charge in [0.25, 0.3) is 0 Å². The van der Waals surface area contributed by atoms with E-state index in [9.17, 15) is 43.5 Å². The summed E-state index contributed by atoms with van der Waals surface area (Å²) in [5, 5.41) is 32.0. The van der Waals surface area contributed by atoms with E-state index in [-0.39, 0.29) is 126 Å². The summed E-state index contributed by atoms with van der Waals surface area (Å²) in [6.07, 6.45) is 23.6. The SMILES string of the molecule is CC[C@H](C)[C@@H](C=O)NC(=O)COCCOCCNC(=O)COCCOCCNC(=O)CC[C@H](NC(=O)C1CCC(CNC(=O)CCCCCCCCCCCCCCCCCCC(=O)O)CC1)C(=O)O. The maximum absolute atomic E-state index is 13.0. The number of amides is 5. The molecule has 1 saturated carbocycles. The lowest BCUT2D eigenvalue weighted by Crippen LogP contribution is -2.45. The van der Waals surface area contributed by atoms with E-state index in [2.05, 4.69) is 26.6 Å². The molecule has 19 nitrogen and oxygen atoms in total. The van der Waals surface area contributed by atoms with Crippen molar-refractivity contribution in [3.05, 3.63) is 0 Å². The Labute approximate surface area is 417 Å². The highest BCUT2D eigenvalue weighted by Crippen LogP contribution is 2.29. The number of aliphatic carboxylic acids is 2. The van der Waals surface area contributed by atoms with Crippen LogP contribution in [0.15, 0.2) is 0 Å². The van der Waals surface area contributed by atoms with Gasteiger partial charge >= 0.3 is 11.9 Å². The second-order valence-corrected chi connectivity index (χ2v) is 18.7. The van der Waals surface area contributed by atoms with Crippen molar-refractivity contribution in [2.45, 2.75) is 186 Å². The molecule has 0 heterocycles. The number of nitrogens with one attached hydrogen (secondary N) is 5. The van der Waals surface area contributed by atoms with Crippen LogP contribution in [0.1, 0.15) is 174 Å². The van der Waals surface area contributed by atoms with E-state index >= 15 is 0 Å². The van der Waals surface area contributed by atoms with Crippen LogP contribution >= 0.6 is 0 Å². The average molecular weight is 998 g/mol. The molecule has 0 unspecified atom stereocenters. The van der Waals surface area contributed by atoms with Crippen molar-refractivity contribution in [2.75, 3.05) is 72.5 Å². The van der Waals surface area contributed by atoms with E-state index < -0.39 is 24.0 Å². The molecule has 0 aromatic rings. The third-order valence-electron chi connectivity index (χ3n) is 12.7. The molecule has 0 aliphatic heterocycles. The van der Waals surface area contributed by atoms with E-state index in [1.807, 2.05) is 13.8 Å². The van der Waals surface area contributed by atoms with E-state index in [1.54, 1.807) is 0 Å². The number of aldehydes is 1. The first-order valence-corrected chi connectivity index (χ1v) is 26.5. The zero-order chi connectivity index (χ0) is 51.5. The van der Waals surface area contributed by atoms with E-state index in [0.717, 1.165) is 64.1 Å². The number of hydrogen-bond acceptors (Lipinski definition) is 12. The quantitative estimate of drug-likeness (QED) is 0.0298. The van der Waals surface area contributed by atoms with Crippen LogP contribution in [0.4, 0.5) is 0 Å². The zero-order valence-electron chi connectivity index (χ0n) is 42.7. The van der Waals surface area contributed by atoms with Crippen molar-refractivity contribution in [3.8, 4) is 0 Å². The van der Waals surface area contributed by atoms with E-state index in [4.69, 9.17) is 24.1 Å². The van der Waals surface area contributed by atoms with Gasteiger partial charge in [-0.3, -0.25) is 28.8 Å². The van der Waals surface area contributed by atoms with Crippen LogP contribution in [0.2, 0.25) is 0 Å². The number of carboxylic acids is 2. The molecule has 0 saturated heterocycles. The van der Waals surface area contributed by atoms with Crippen LogP contribution in [0.5, 0.6) is 0 Å². The van der Waals surface area contributed by atoms with Gasteiger partial charge < -0.3 is 60.5 Å². The van der Waals surface area contributed by atoms with Gasteiger partial charge in [0, 0.05) is 44.8 Å². The lowest BCUT2D eigenvalue weighted by atomic mass is 9.81. The zero-order valence-corrected chi connectivity index (χ0v) is 42.7. The predicted octanol–water partition coefficient (Wildman–Crippen LogP) is 5.39. The second kappa shape index (κ2) is 43.6. The summed E-state index contributed by atoms with van der Waals surface area (Å²) in [7, 11) is 0. The Hall–Kier alpha value is -4.20. The molecule has 1 aliphatic rings. The highest BCUT2D eigenvalue weighted by Gasteiger charge is 2.30. The Bertz CT molecular complexity index is 1450. The highest BCUT2D eigenvalue weighted by atomic mass is 16.5. The Morgan fingerprint density at radius 2 is 1.00 bits per heavy atom. The van der Waals surface area contributed by atoms with Crippen LogP contribution in [0.25, 0.3) is 0 Å². The first-order chi connectivity index (χ1) is 33.9. The maximum atomic E-state index is 13.0. The number of carbonyl (C=O) groups excluding carboxylic acids is 6. The van der Waals surface area contributed by atoms with Gasteiger partial charge in [0.15, 0.2) is 0 Å². The smallest absolute Gasteiger partial charge is 0.326 e. The summed E-state index contributed by atoms with van der Waals surface area (Å²) in [6, 6.07) is -1.73. The maximum Gasteiger partial charge on any atom is 0.326 e. The monoisotopic (exact) mass is 998 g/mol. The molecule has 0 aromatic heterocycles. The van der Waals surface area contributed by atoms with Crippen molar-refractivity contribution >= 4 is 47.8 Å². The molecular formula is C51H91N5O14. The molecule has 19 heteroatoms. The topological polar surface area (TPSA) is 274 Å². The number of hydrogen-bond donors (Lipinski definition) is 7. The molecule has 5 amide bonds. The molecule has 0 bridgehead atoms. The number of carbonyl (C=O) groups is 8. The normalized spacial score (nSPS) is 15.8. The largest absolute Gasteiger partial charge is 0.481 e. The Morgan fingerprint density at radius 3 is 1.49 bits per heavy atom. The first-order valence-electron chi connectivity index (χ1n) is 26.5. The lowest BCUT2D eigenvalue weighted by molar-refractivity contribution is -0.143. The first kappa shape index (κ1) is 63.8. The van der Waals surface area contributed by atoms with Gasteiger partial charge in [0.2, 0.25) is 29.5 Å². The van der Waals surface area contributed by atoms with Gasteiger partial charge in [-0.05, 0) is 56.8 Å². The number of ether oxygens (including phenoxy) is 4. The van der Waals surface area contributed by atoms with Crippen molar-refractivity contribution in [1.82, 2.24) is 26.6 Å². The summed E-state index contributed by atoms with van der Waals surface area (Å²) < 4.78 is 21.3. The second-order valence-electron chi connectivity index (χ2n) is 18.7. The van der Waals surface area contributed by atoms with Crippen molar-refractivity contribution in [1.29, 1.82) is 0 Å². The molecule has 1 rings (SSSR count). The minimum Gasteiger partial charge on any atom is -0.481 e. The van der Waals surface area contributed by atoms with E-state index in [1.165, 1.54) is 64.2 Å². The summed E-state index contributed by atoms with van der Waals surface area (Å²) in [5.41, 5.74) is 0. The molecule has 7 N–H and O–H groups in total. The van der Waals surface area contributed by atoms with Gasteiger partial charge in [0.05, 0.1) is 45.7 Å². The molecule has 0 radical (unpaired) electrons. The molecule has 3 atom stereocenters. The van der Waals surface area contributed by atoms with Gasteiger partial charge in [-0.25, -0.2) is 4.79 Å². The van der Waals surface area contributed by atoms with Crippen molar-refractivity contribution in [3.63, 3.8) is 0 Å². The fraction of sp³-hybridized carbons (Fsp3) is 0.843. The molecule has 1 aliphatic carbocycles. The van der Waals surface area contributed by atoms with Crippen molar-refractivity contribution in [2.24, 2.45) is 17.8 Å². The Balaban J connectivity index is 2.00. The van der Waals surface area contributed by atoms with Gasteiger partial charge in [0.1, 0.15) is 25.5 Å². The molecule has 70 heavy (non-hydrogen) atoms. The average Bonchev–Trinajstić information content (AvgIpc) is 3.34. The lowest BCUT2D eigenvalue weighted by Gasteiger charge is -2.28. The number of rotatable bonds is 47. The molecule has 0 spiro atoms. The minimum atomic E-state index is -1.20. The number of carboxylic acid groups (broad SMARTS) is 2. The Morgan fingerprint density at radius 1 is 0.543 bits per heavy atom. The van der Waals surface area contributed by atoms with Gasteiger partial charge in [-0.2, -0.15) is 0 Å². The molecular weight excluding hydrogens is 907 g/mol.